The second-order valence-corrected chi connectivity index (χ2v) is 7.69. The first-order valence-electron chi connectivity index (χ1n) is 10.2. The highest BCUT2D eigenvalue weighted by molar-refractivity contribution is 5.80. The van der Waals surface area contributed by atoms with Crippen molar-refractivity contribution < 1.29 is 0 Å². The van der Waals surface area contributed by atoms with Crippen molar-refractivity contribution in [1.29, 1.82) is 0 Å². The minimum atomic E-state index is 0.480. The third kappa shape index (κ3) is 5.34. The summed E-state index contributed by atoms with van der Waals surface area (Å²) in [4.78, 5) is 6.94. The van der Waals surface area contributed by atoms with E-state index >= 15 is 0 Å². The summed E-state index contributed by atoms with van der Waals surface area (Å²) in [5, 5.41) is 7.01. The Morgan fingerprint density at radius 2 is 1.77 bits per heavy atom. The molecule has 0 bridgehead atoms. The molecule has 0 heterocycles. The van der Waals surface area contributed by atoms with Gasteiger partial charge >= 0.3 is 0 Å². The molecule has 142 valence electrons. The van der Waals surface area contributed by atoms with Gasteiger partial charge in [0.05, 0.1) is 0 Å². The molecule has 0 unspecified atom stereocenters. The molecular formula is C22H34N4. The van der Waals surface area contributed by atoms with E-state index in [1.165, 1.54) is 43.2 Å². The molecule has 0 amide bonds. The summed E-state index contributed by atoms with van der Waals surface area (Å²) in [5.74, 6) is 0.897. The Bertz CT molecular complexity index is 608. The number of nitrogens with one attached hydrogen (secondary N) is 2. The highest BCUT2D eigenvalue weighted by Gasteiger charge is 2.19. The lowest BCUT2D eigenvalue weighted by atomic mass is 9.94. The van der Waals surface area contributed by atoms with E-state index in [2.05, 4.69) is 64.0 Å². The minimum absolute atomic E-state index is 0.480. The van der Waals surface area contributed by atoms with E-state index in [1.807, 2.05) is 7.05 Å². The summed E-state index contributed by atoms with van der Waals surface area (Å²) in [7, 11) is 4.13. The first kappa shape index (κ1) is 19.0. The summed E-state index contributed by atoms with van der Waals surface area (Å²) < 4.78 is 0. The summed E-state index contributed by atoms with van der Waals surface area (Å²) in [6.07, 6.45) is 13.5. The van der Waals surface area contributed by atoms with Crippen molar-refractivity contribution in [3.8, 4) is 0 Å². The van der Waals surface area contributed by atoms with Gasteiger partial charge in [0, 0.05) is 32.2 Å². The summed E-state index contributed by atoms with van der Waals surface area (Å²) in [6.45, 7) is 1.84. The highest BCUT2D eigenvalue weighted by atomic mass is 15.2. The van der Waals surface area contributed by atoms with Gasteiger partial charge in [0.2, 0.25) is 0 Å². The summed E-state index contributed by atoms with van der Waals surface area (Å²) in [6, 6.07) is 10.0. The van der Waals surface area contributed by atoms with Gasteiger partial charge in [-0.3, -0.25) is 9.89 Å². The zero-order valence-electron chi connectivity index (χ0n) is 16.4. The molecule has 2 N–H and O–H groups in total. The van der Waals surface area contributed by atoms with Gasteiger partial charge in [0.25, 0.3) is 0 Å². The molecule has 1 saturated carbocycles. The molecule has 4 heteroatoms. The van der Waals surface area contributed by atoms with Crippen LogP contribution in [0.2, 0.25) is 0 Å². The predicted octanol–water partition coefficient (Wildman–Crippen LogP) is 3.83. The molecule has 26 heavy (non-hydrogen) atoms. The molecule has 3 rings (SSSR count). The molecule has 0 atom stereocenters. The van der Waals surface area contributed by atoms with Crippen LogP contribution < -0.4 is 10.6 Å². The summed E-state index contributed by atoms with van der Waals surface area (Å²) in [5.41, 5.74) is 2.79. The highest BCUT2D eigenvalue weighted by Crippen LogP contribution is 2.23. The quantitative estimate of drug-likeness (QED) is 0.463. The number of nitrogens with zero attached hydrogens (tertiary/aromatic N) is 2. The fourth-order valence-electron chi connectivity index (χ4n) is 4.11. The van der Waals surface area contributed by atoms with Gasteiger partial charge in [-0.1, -0.05) is 55.7 Å². The first-order chi connectivity index (χ1) is 12.8. The van der Waals surface area contributed by atoms with Crippen LogP contribution in [0.15, 0.2) is 41.4 Å². The average molecular weight is 355 g/mol. The minimum Gasteiger partial charge on any atom is -0.353 e. The lowest BCUT2D eigenvalue weighted by Gasteiger charge is -2.31. The number of rotatable bonds is 6. The Kier molecular flexibility index (Phi) is 7.13. The Labute approximate surface area is 158 Å². The molecule has 0 saturated heterocycles. The molecule has 0 aliphatic heterocycles. The largest absolute Gasteiger partial charge is 0.353 e. The number of hydrogen-bond donors (Lipinski definition) is 2. The van der Waals surface area contributed by atoms with Crippen LogP contribution in [0.5, 0.6) is 0 Å². The predicted molar refractivity (Wildman–Crippen MR) is 110 cm³/mol. The van der Waals surface area contributed by atoms with Crippen LogP contribution in [-0.2, 0) is 13.1 Å². The lowest BCUT2D eigenvalue weighted by Crippen LogP contribution is -2.42. The van der Waals surface area contributed by atoms with Crippen LogP contribution in [0.3, 0.4) is 0 Å². The Balaban J connectivity index is 1.55. The van der Waals surface area contributed by atoms with Gasteiger partial charge in [-0.25, -0.2) is 0 Å². The molecular weight excluding hydrogens is 320 g/mol. The number of guanidine groups is 1. The Morgan fingerprint density at radius 1 is 1.08 bits per heavy atom. The average Bonchev–Trinajstić information content (AvgIpc) is 3.20. The van der Waals surface area contributed by atoms with Crippen LogP contribution in [0.1, 0.15) is 56.1 Å². The molecule has 0 aromatic heterocycles. The van der Waals surface area contributed by atoms with Crippen molar-refractivity contribution in [3.63, 3.8) is 0 Å². The van der Waals surface area contributed by atoms with Crippen LogP contribution in [0.25, 0.3) is 0 Å². The smallest absolute Gasteiger partial charge is 0.191 e. The van der Waals surface area contributed by atoms with E-state index in [-0.39, 0.29) is 0 Å². The molecule has 1 fully saturated rings. The van der Waals surface area contributed by atoms with Gasteiger partial charge in [-0.05, 0) is 43.9 Å². The van der Waals surface area contributed by atoms with Gasteiger partial charge in [0.15, 0.2) is 5.96 Å². The molecule has 0 spiro atoms. The maximum absolute atomic E-state index is 4.39. The first-order valence-corrected chi connectivity index (χ1v) is 10.2. The maximum atomic E-state index is 4.39. The lowest BCUT2D eigenvalue weighted by molar-refractivity contribution is 0.184. The van der Waals surface area contributed by atoms with Gasteiger partial charge in [-0.15, -0.1) is 0 Å². The Morgan fingerprint density at radius 3 is 2.46 bits per heavy atom. The van der Waals surface area contributed by atoms with Gasteiger partial charge in [-0.2, -0.15) is 0 Å². The number of aliphatic imine (C=N–C) groups is 1. The second kappa shape index (κ2) is 9.77. The van der Waals surface area contributed by atoms with Crippen LogP contribution in [0, 0.1) is 0 Å². The van der Waals surface area contributed by atoms with E-state index in [1.54, 1.807) is 0 Å². The molecule has 1 aromatic rings. The van der Waals surface area contributed by atoms with E-state index in [9.17, 15) is 0 Å². The third-order valence-electron chi connectivity index (χ3n) is 5.75. The number of hydrogen-bond acceptors (Lipinski definition) is 2. The van der Waals surface area contributed by atoms with Crippen molar-refractivity contribution in [1.82, 2.24) is 15.5 Å². The van der Waals surface area contributed by atoms with Crippen LogP contribution in [0.4, 0.5) is 0 Å². The fourth-order valence-corrected chi connectivity index (χ4v) is 4.11. The molecule has 2 aliphatic carbocycles. The van der Waals surface area contributed by atoms with Gasteiger partial charge < -0.3 is 10.6 Å². The standard InChI is InChI=1S/C22H34N4/c1-23-22(25-20-12-8-9-13-20)24-16-18-10-6-7-11-19(18)17-26(2)21-14-4-3-5-15-21/h6-11,20-21H,3-5,12-17H2,1-2H3,(H2,23,24,25). The zero-order chi connectivity index (χ0) is 18.2. The molecule has 0 radical (unpaired) electrons. The van der Waals surface area contributed by atoms with Crippen molar-refractivity contribution in [2.24, 2.45) is 4.99 Å². The van der Waals surface area contributed by atoms with Crippen molar-refractivity contribution in [3.05, 3.63) is 47.5 Å². The van der Waals surface area contributed by atoms with Crippen LogP contribution >= 0.6 is 0 Å². The molecule has 4 nitrogen and oxygen atoms in total. The van der Waals surface area contributed by atoms with E-state index in [4.69, 9.17) is 0 Å². The van der Waals surface area contributed by atoms with E-state index in [0.29, 0.717) is 6.04 Å². The normalized spacial score (nSPS) is 19.3. The van der Waals surface area contributed by atoms with Crippen molar-refractivity contribution in [2.75, 3.05) is 14.1 Å². The van der Waals surface area contributed by atoms with Gasteiger partial charge in [0.1, 0.15) is 0 Å². The molecule has 2 aliphatic rings. The SMILES string of the molecule is CN=C(NCc1ccccc1CN(C)C1CCCCC1)NC1CC=CC1. The van der Waals surface area contributed by atoms with E-state index < -0.39 is 0 Å². The molecule has 1 aromatic carbocycles. The second-order valence-electron chi connectivity index (χ2n) is 7.69. The van der Waals surface area contributed by atoms with E-state index in [0.717, 1.165) is 37.9 Å². The maximum Gasteiger partial charge on any atom is 0.191 e. The van der Waals surface area contributed by atoms with Crippen molar-refractivity contribution in [2.45, 2.75) is 70.1 Å². The Hall–Kier alpha value is -1.81. The monoisotopic (exact) mass is 354 g/mol. The van der Waals surface area contributed by atoms with Crippen LogP contribution in [-0.4, -0.2) is 37.0 Å². The number of benzene rings is 1. The zero-order valence-corrected chi connectivity index (χ0v) is 16.4. The topological polar surface area (TPSA) is 39.7 Å². The van der Waals surface area contributed by atoms with Crippen molar-refractivity contribution >= 4 is 5.96 Å². The summed E-state index contributed by atoms with van der Waals surface area (Å²) >= 11 is 0. The fraction of sp³-hybridized carbons (Fsp3) is 0.591. The third-order valence-corrected chi connectivity index (χ3v) is 5.75.